The van der Waals surface area contributed by atoms with Gasteiger partial charge in [0.25, 0.3) is 11.8 Å². The van der Waals surface area contributed by atoms with Gasteiger partial charge >= 0.3 is 0 Å². The van der Waals surface area contributed by atoms with Crippen LogP contribution in [-0.4, -0.2) is 45.8 Å². The summed E-state index contributed by atoms with van der Waals surface area (Å²) in [4.78, 5) is 9.15. The number of sulfone groups is 1. The van der Waals surface area contributed by atoms with Crippen molar-refractivity contribution in [1.82, 2.24) is 9.97 Å². The van der Waals surface area contributed by atoms with Crippen LogP contribution in [0.15, 0.2) is 94.7 Å². The largest absolute Gasteiger partial charge is 0.490 e. The molecule has 1 heterocycles. The average molecular weight is 493 g/mol. The van der Waals surface area contributed by atoms with E-state index in [2.05, 4.69) is 9.97 Å². The SMILES string of the molecule is COC/C=C\COc1ccc(S(=O)(=O)c2ccc(Oc3nc4ccccc4nc3OC)cc2)cc1. The molecule has 0 unspecified atom stereocenters. The van der Waals surface area contributed by atoms with Crippen molar-refractivity contribution in [2.24, 2.45) is 0 Å². The van der Waals surface area contributed by atoms with Gasteiger partial charge in [-0.05, 0) is 66.7 Å². The van der Waals surface area contributed by atoms with E-state index in [1.807, 2.05) is 36.4 Å². The summed E-state index contributed by atoms with van der Waals surface area (Å²) in [7, 11) is -0.619. The molecule has 0 atom stereocenters. The van der Waals surface area contributed by atoms with Crippen LogP contribution in [0, 0.1) is 0 Å². The van der Waals surface area contributed by atoms with E-state index in [9.17, 15) is 8.42 Å². The fraction of sp³-hybridized carbons (Fsp3) is 0.154. The first-order valence-electron chi connectivity index (χ1n) is 10.7. The maximum Gasteiger partial charge on any atom is 0.284 e. The zero-order valence-electron chi connectivity index (χ0n) is 19.2. The molecule has 35 heavy (non-hydrogen) atoms. The number of benzene rings is 3. The highest BCUT2D eigenvalue weighted by molar-refractivity contribution is 7.91. The Balaban J connectivity index is 1.48. The molecule has 1 aromatic heterocycles. The van der Waals surface area contributed by atoms with E-state index in [-0.39, 0.29) is 21.6 Å². The summed E-state index contributed by atoms with van der Waals surface area (Å²) in [6, 6.07) is 19.7. The lowest BCUT2D eigenvalue weighted by molar-refractivity contribution is 0.233. The number of aromatic nitrogens is 2. The Hall–Kier alpha value is -3.95. The molecular formula is C26H24N2O6S. The number of methoxy groups -OCH3 is 2. The van der Waals surface area contributed by atoms with Crippen molar-refractivity contribution in [2.45, 2.75) is 9.79 Å². The fourth-order valence-electron chi connectivity index (χ4n) is 3.19. The second-order valence-corrected chi connectivity index (χ2v) is 9.26. The summed E-state index contributed by atoms with van der Waals surface area (Å²) < 4.78 is 47.7. The molecule has 0 amide bonds. The Bertz CT molecular complexity index is 1420. The third-order valence-corrected chi connectivity index (χ3v) is 6.75. The second-order valence-electron chi connectivity index (χ2n) is 7.31. The highest BCUT2D eigenvalue weighted by Gasteiger charge is 2.18. The van der Waals surface area contributed by atoms with Gasteiger partial charge in [-0.2, -0.15) is 0 Å². The van der Waals surface area contributed by atoms with Crippen LogP contribution in [0.5, 0.6) is 23.3 Å². The highest BCUT2D eigenvalue weighted by Crippen LogP contribution is 2.31. The van der Waals surface area contributed by atoms with E-state index >= 15 is 0 Å². The summed E-state index contributed by atoms with van der Waals surface area (Å²) in [5, 5.41) is 0. The van der Waals surface area contributed by atoms with Crippen LogP contribution >= 0.6 is 0 Å². The number of nitrogens with zero attached hydrogens (tertiary/aromatic N) is 2. The lowest BCUT2D eigenvalue weighted by Gasteiger charge is -2.10. The van der Waals surface area contributed by atoms with Crippen LogP contribution in [0.1, 0.15) is 0 Å². The Morgan fingerprint density at radius 1 is 0.714 bits per heavy atom. The molecule has 4 aromatic rings. The quantitative estimate of drug-likeness (QED) is 0.290. The molecule has 9 heteroatoms. The minimum Gasteiger partial charge on any atom is -0.490 e. The van der Waals surface area contributed by atoms with Crippen molar-refractivity contribution in [2.75, 3.05) is 27.4 Å². The van der Waals surface area contributed by atoms with E-state index in [0.29, 0.717) is 35.7 Å². The Kier molecular flexibility index (Phi) is 7.59. The molecule has 0 saturated heterocycles. The number of para-hydroxylation sites is 2. The van der Waals surface area contributed by atoms with Crippen LogP contribution in [0.25, 0.3) is 11.0 Å². The van der Waals surface area contributed by atoms with Gasteiger partial charge in [0, 0.05) is 7.11 Å². The first-order valence-corrected chi connectivity index (χ1v) is 12.2. The van der Waals surface area contributed by atoms with Crippen LogP contribution in [0.4, 0.5) is 0 Å². The first-order chi connectivity index (χ1) is 17.0. The summed E-state index contributed by atoms with van der Waals surface area (Å²) in [6.45, 7) is 0.872. The van der Waals surface area contributed by atoms with E-state index < -0.39 is 9.84 Å². The van der Waals surface area contributed by atoms with Crippen molar-refractivity contribution in [3.63, 3.8) is 0 Å². The standard InChI is InChI=1S/C26H24N2O6S/c1-31-17-5-6-18-33-19-9-13-21(14-10-19)35(29,30)22-15-11-20(12-16-22)34-26-25(32-2)27-23-7-3-4-8-24(23)28-26/h3-16H,17-18H2,1-2H3/b6-5-. The maximum absolute atomic E-state index is 13.0. The first kappa shape index (κ1) is 24.2. The van der Waals surface area contributed by atoms with Crippen LogP contribution in [-0.2, 0) is 14.6 Å². The van der Waals surface area contributed by atoms with Crippen molar-refractivity contribution in [1.29, 1.82) is 0 Å². The molecule has 8 nitrogen and oxygen atoms in total. The lowest BCUT2D eigenvalue weighted by Crippen LogP contribution is -2.02. The summed E-state index contributed by atoms with van der Waals surface area (Å²) in [5.41, 5.74) is 1.33. The Labute approximate surface area is 203 Å². The zero-order valence-corrected chi connectivity index (χ0v) is 20.1. The van der Waals surface area contributed by atoms with Gasteiger partial charge in [0.1, 0.15) is 18.1 Å². The number of hydrogen-bond donors (Lipinski definition) is 0. The number of fused-ring (bicyclic) bond motifs is 1. The highest BCUT2D eigenvalue weighted by atomic mass is 32.2. The van der Waals surface area contributed by atoms with Gasteiger partial charge in [0.05, 0.1) is 34.5 Å². The molecule has 0 aliphatic heterocycles. The van der Waals surface area contributed by atoms with E-state index in [0.717, 1.165) is 0 Å². The van der Waals surface area contributed by atoms with Gasteiger partial charge in [0.2, 0.25) is 9.84 Å². The van der Waals surface area contributed by atoms with Gasteiger partial charge < -0.3 is 18.9 Å². The third kappa shape index (κ3) is 5.76. The van der Waals surface area contributed by atoms with Crippen molar-refractivity contribution >= 4 is 20.9 Å². The molecule has 0 radical (unpaired) electrons. The van der Waals surface area contributed by atoms with Crippen molar-refractivity contribution in [3.8, 4) is 23.3 Å². The summed E-state index contributed by atoms with van der Waals surface area (Å²) in [5.74, 6) is 1.39. The minimum atomic E-state index is -3.71. The molecule has 0 aliphatic carbocycles. The van der Waals surface area contributed by atoms with E-state index in [1.54, 1.807) is 31.4 Å². The molecule has 3 aromatic carbocycles. The summed E-state index contributed by atoms with van der Waals surface area (Å²) >= 11 is 0. The van der Waals surface area contributed by atoms with Gasteiger partial charge in [-0.15, -0.1) is 0 Å². The predicted molar refractivity (Wildman–Crippen MR) is 131 cm³/mol. The molecule has 0 saturated carbocycles. The van der Waals surface area contributed by atoms with Gasteiger partial charge in [-0.3, -0.25) is 0 Å². The molecule has 0 N–H and O–H groups in total. The molecular weight excluding hydrogens is 468 g/mol. The molecule has 0 fully saturated rings. The van der Waals surface area contributed by atoms with Crippen LogP contribution in [0.3, 0.4) is 0 Å². The molecule has 0 spiro atoms. The van der Waals surface area contributed by atoms with E-state index in [1.165, 1.54) is 31.4 Å². The van der Waals surface area contributed by atoms with Crippen LogP contribution < -0.4 is 14.2 Å². The van der Waals surface area contributed by atoms with E-state index in [4.69, 9.17) is 18.9 Å². The molecule has 0 bridgehead atoms. The number of rotatable bonds is 10. The topological polar surface area (TPSA) is 96.8 Å². The zero-order chi connectivity index (χ0) is 24.7. The van der Waals surface area contributed by atoms with Gasteiger partial charge in [-0.25, -0.2) is 18.4 Å². The molecule has 4 rings (SSSR count). The van der Waals surface area contributed by atoms with Crippen molar-refractivity contribution < 1.29 is 27.4 Å². The van der Waals surface area contributed by atoms with Crippen molar-refractivity contribution in [3.05, 3.63) is 84.9 Å². The number of hydrogen-bond acceptors (Lipinski definition) is 8. The fourth-order valence-corrected chi connectivity index (χ4v) is 4.45. The van der Waals surface area contributed by atoms with Gasteiger partial charge in [0.15, 0.2) is 0 Å². The van der Waals surface area contributed by atoms with Crippen LogP contribution in [0.2, 0.25) is 0 Å². The second kappa shape index (κ2) is 11.0. The Morgan fingerprint density at radius 2 is 1.26 bits per heavy atom. The third-order valence-electron chi connectivity index (χ3n) is 4.96. The normalized spacial score (nSPS) is 11.6. The summed E-state index contributed by atoms with van der Waals surface area (Å²) in [6.07, 6.45) is 3.67. The average Bonchev–Trinajstić information content (AvgIpc) is 2.89. The minimum absolute atomic E-state index is 0.137. The monoisotopic (exact) mass is 492 g/mol. The predicted octanol–water partition coefficient (Wildman–Crippen LogP) is 4.84. The number of ether oxygens (including phenoxy) is 4. The molecule has 180 valence electrons. The smallest absolute Gasteiger partial charge is 0.284 e. The lowest BCUT2D eigenvalue weighted by atomic mass is 10.3. The van der Waals surface area contributed by atoms with Gasteiger partial charge in [-0.1, -0.05) is 18.2 Å². The Morgan fingerprint density at radius 3 is 1.83 bits per heavy atom. The maximum atomic E-state index is 13.0. The molecule has 0 aliphatic rings.